The first-order valence-electron chi connectivity index (χ1n) is 6.45. The van der Waals surface area contributed by atoms with Crippen LogP contribution >= 0.6 is 0 Å². The van der Waals surface area contributed by atoms with Gasteiger partial charge in [-0.15, -0.1) is 0 Å². The molecule has 0 N–H and O–H groups in total. The van der Waals surface area contributed by atoms with E-state index in [-0.39, 0.29) is 0 Å². The van der Waals surface area contributed by atoms with Gasteiger partial charge in [-0.25, -0.2) is 0 Å². The van der Waals surface area contributed by atoms with E-state index < -0.39 is 0 Å². The van der Waals surface area contributed by atoms with Gasteiger partial charge in [-0.3, -0.25) is 0 Å². The van der Waals surface area contributed by atoms with Gasteiger partial charge in [0.25, 0.3) is 0 Å². The quantitative estimate of drug-likeness (QED) is 0.747. The Hall–Kier alpha value is -0.820. The van der Waals surface area contributed by atoms with E-state index in [1.807, 2.05) is 0 Å². The summed E-state index contributed by atoms with van der Waals surface area (Å²) in [4.78, 5) is 0. The maximum Gasteiger partial charge on any atom is 0.0620 e. The number of rotatable bonds is 3. The molecule has 1 heteroatoms. The summed E-state index contributed by atoms with van der Waals surface area (Å²) >= 11 is 0. The lowest BCUT2D eigenvalue weighted by Gasteiger charge is -2.14. The zero-order chi connectivity index (χ0) is 11.5. The van der Waals surface area contributed by atoms with E-state index in [4.69, 9.17) is 4.74 Å². The molecule has 1 aromatic rings. The van der Waals surface area contributed by atoms with Crippen LogP contribution in [0.5, 0.6) is 0 Å². The van der Waals surface area contributed by atoms with Crippen LogP contribution in [0.3, 0.4) is 0 Å². The van der Waals surface area contributed by atoms with E-state index >= 15 is 0 Å². The van der Waals surface area contributed by atoms with E-state index in [0.29, 0.717) is 18.1 Å². The fraction of sp³-hybridized carbons (Fsp3) is 0.600. The van der Waals surface area contributed by atoms with Gasteiger partial charge in [0, 0.05) is 5.92 Å². The van der Waals surface area contributed by atoms with Crippen molar-refractivity contribution in [3.05, 3.63) is 35.4 Å². The summed E-state index contributed by atoms with van der Waals surface area (Å²) in [6.45, 7) is 6.58. The van der Waals surface area contributed by atoms with Crippen LogP contribution in [0, 0.1) is 0 Å². The van der Waals surface area contributed by atoms with Crippen molar-refractivity contribution >= 4 is 0 Å². The van der Waals surface area contributed by atoms with E-state index in [1.165, 1.54) is 24.0 Å². The molecule has 2 rings (SSSR count). The van der Waals surface area contributed by atoms with Crippen LogP contribution in [-0.4, -0.2) is 12.2 Å². The summed E-state index contributed by atoms with van der Waals surface area (Å²) in [5.41, 5.74) is 2.89. The van der Waals surface area contributed by atoms with E-state index in [1.54, 1.807) is 0 Å². The molecule has 1 saturated heterocycles. The molecule has 0 spiro atoms. The maximum absolute atomic E-state index is 5.81. The first-order chi connectivity index (χ1) is 7.70. The Morgan fingerprint density at radius 2 is 1.88 bits per heavy atom. The van der Waals surface area contributed by atoms with E-state index in [9.17, 15) is 0 Å². The average molecular weight is 218 g/mol. The number of aryl methyl sites for hydroxylation is 1. The smallest absolute Gasteiger partial charge is 0.0620 e. The van der Waals surface area contributed by atoms with Crippen molar-refractivity contribution < 1.29 is 4.74 Å². The van der Waals surface area contributed by atoms with Crippen molar-refractivity contribution in [3.8, 4) is 0 Å². The monoisotopic (exact) mass is 218 g/mol. The summed E-state index contributed by atoms with van der Waals surface area (Å²) < 4.78 is 5.81. The van der Waals surface area contributed by atoms with Gasteiger partial charge in [-0.05, 0) is 37.8 Å². The highest BCUT2D eigenvalue weighted by atomic mass is 16.5. The van der Waals surface area contributed by atoms with Crippen LogP contribution in [0.2, 0.25) is 0 Å². The van der Waals surface area contributed by atoms with Gasteiger partial charge in [-0.1, -0.05) is 37.6 Å². The minimum absolute atomic E-state index is 0.368. The molecule has 0 radical (unpaired) electrons. The van der Waals surface area contributed by atoms with Gasteiger partial charge in [0.15, 0.2) is 0 Å². The molecule has 3 atom stereocenters. The minimum atomic E-state index is 0.368. The molecule has 0 aliphatic carbocycles. The Balaban J connectivity index is 2.09. The highest BCUT2D eigenvalue weighted by Crippen LogP contribution is 2.34. The normalized spacial score (nSPS) is 29.6. The number of hydrogen-bond donors (Lipinski definition) is 0. The molecule has 0 bridgehead atoms. The molecular weight excluding hydrogens is 196 g/mol. The van der Waals surface area contributed by atoms with Crippen LogP contribution in [0.15, 0.2) is 24.3 Å². The fourth-order valence-corrected chi connectivity index (χ4v) is 2.69. The lowest BCUT2D eigenvalue weighted by Crippen LogP contribution is -2.09. The van der Waals surface area contributed by atoms with Crippen molar-refractivity contribution in [2.24, 2.45) is 0 Å². The predicted octanol–water partition coefficient (Wildman–Crippen LogP) is 3.92. The number of hydrogen-bond acceptors (Lipinski definition) is 1. The Morgan fingerprint density at radius 3 is 2.38 bits per heavy atom. The minimum Gasteiger partial charge on any atom is -0.375 e. The van der Waals surface area contributed by atoms with Crippen LogP contribution in [0.4, 0.5) is 0 Å². The predicted molar refractivity (Wildman–Crippen MR) is 67.8 cm³/mol. The summed E-state index contributed by atoms with van der Waals surface area (Å²) in [6, 6.07) is 9.12. The highest BCUT2D eigenvalue weighted by molar-refractivity contribution is 5.27. The second-order valence-electron chi connectivity index (χ2n) is 4.99. The fourth-order valence-electron chi connectivity index (χ4n) is 2.69. The third-order valence-corrected chi connectivity index (χ3v) is 3.55. The second-order valence-corrected chi connectivity index (χ2v) is 4.99. The van der Waals surface area contributed by atoms with Crippen molar-refractivity contribution in [3.63, 3.8) is 0 Å². The van der Waals surface area contributed by atoms with Crippen molar-refractivity contribution in [2.75, 3.05) is 0 Å². The molecule has 1 nitrogen and oxygen atoms in total. The lowest BCUT2D eigenvalue weighted by atomic mass is 9.91. The molecule has 1 heterocycles. The first-order valence-corrected chi connectivity index (χ1v) is 6.45. The molecule has 1 aliphatic rings. The van der Waals surface area contributed by atoms with Crippen LogP contribution in [-0.2, 0) is 11.2 Å². The Labute approximate surface area is 98.8 Å². The third-order valence-electron chi connectivity index (χ3n) is 3.55. The summed E-state index contributed by atoms with van der Waals surface area (Å²) in [5.74, 6) is 0.589. The topological polar surface area (TPSA) is 9.23 Å². The van der Waals surface area contributed by atoms with Gasteiger partial charge < -0.3 is 4.74 Å². The summed E-state index contributed by atoms with van der Waals surface area (Å²) in [7, 11) is 0. The molecule has 88 valence electrons. The number of ether oxygens (including phenoxy) is 1. The van der Waals surface area contributed by atoms with Crippen molar-refractivity contribution in [1.82, 2.24) is 0 Å². The molecule has 0 aromatic heterocycles. The third kappa shape index (κ3) is 2.46. The summed E-state index contributed by atoms with van der Waals surface area (Å²) in [6.07, 6.45) is 4.35. The largest absolute Gasteiger partial charge is 0.375 e. The highest BCUT2D eigenvalue weighted by Gasteiger charge is 2.30. The Kier molecular flexibility index (Phi) is 3.65. The molecule has 1 aliphatic heterocycles. The standard InChI is InChI=1S/C15H22O/c1-4-5-13-6-8-14(9-7-13)15-10-11(2)16-12(15)3/h6-9,11-12,15H,4-5,10H2,1-3H3. The first kappa shape index (κ1) is 11.7. The van der Waals surface area contributed by atoms with Crippen LogP contribution in [0.1, 0.15) is 50.7 Å². The van der Waals surface area contributed by atoms with E-state index in [2.05, 4.69) is 45.0 Å². The Bertz CT molecular complexity index is 328. The SMILES string of the molecule is CCCc1ccc(C2CC(C)OC2C)cc1. The molecule has 16 heavy (non-hydrogen) atoms. The van der Waals surface area contributed by atoms with Gasteiger partial charge in [-0.2, -0.15) is 0 Å². The number of benzene rings is 1. The molecule has 0 amide bonds. The van der Waals surface area contributed by atoms with Crippen molar-refractivity contribution in [1.29, 1.82) is 0 Å². The molecule has 3 unspecified atom stereocenters. The molecule has 1 fully saturated rings. The second kappa shape index (κ2) is 5.01. The van der Waals surface area contributed by atoms with E-state index in [0.717, 1.165) is 6.42 Å². The van der Waals surface area contributed by atoms with Gasteiger partial charge in [0.1, 0.15) is 0 Å². The zero-order valence-corrected chi connectivity index (χ0v) is 10.6. The van der Waals surface area contributed by atoms with Crippen molar-refractivity contribution in [2.45, 2.75) is 58.2 Å². The van der Waals surface area contributed by atoms with Crippen LogP contribution < -0.4 is 0 Å². The maximum atomic E-state index is 5.81. The van der Waals surface area contributed by atoms with Crippen LogP contribution in [0.25, 0.3) is 0 Å². The molecule has 0 saturated carbocycles. The van der Waals surface area contributed by atoms with Gasteiger partial charge in [0.2, 0.25) is 0 Å². The lowest BCUT2D eigenvalue weighted by molar-refractivity contribution is 0.0632. The van der Waals surface area contributed by atoms with Gasteiger partial charge in [0.05, 0.1) is 12.2 Å². The zero-order valence-electron chi connectivity index (χ0n) is 10.6. The molecule has 1 aromatic carbocycles. The van der Waals surface area contributed by atoms with Gasteiger partial charge >= 0.3 is 0 Å². The molecular formula is C15H22O. The average Bonchev–Trinajstić information content (AvgIpc) is 2.59. The Morgan fingerprint density at radius 1 is 1.19 bits per heavy atom. The summed E-state index contributed by atoms with van der Waals surface area (Å²) in [5, 5.41) is 0.